The molecule has 0 spiro atoms. The van der Waals surface area contributed by atoms with Gasteiger partial charge in [-0.25, -0.2) is 0 Å². The number of nitrogens with zero attached hydrogens (tertiary/aromatic N) is 1. The predicted molar refractivity (Wildman–Crippen MR) is 65.4 cm³/mol. The lowest BCUT2D eigenvalue weighted by Gasteiger charge is -2.02. The highest BCUT2D eigenvalue weighted by molar-refractivity contribution is 7.12. The van der Waals surface area contributed by atoms with Crippen molar-refractivity contribution in [2.45, 2.75) is 0 Å². The zero-order chi connectivity index (χ0) is 12.3. The number of carbonyl (C=O) groups is 1. The number of non-ortho nitro benzene ring substituents is 1. The zero-order valence-corrected chi connectivity index (χ0v) is 9.44. The van der Waals surface area contributed by atoms with Gasteiger partial charge in [-0.15, -0.1) is 11.3 Å². The first-order valence-electron chi connectivity index (χ1n) is 4.76. The van der Waals surface area contributed by atoms with Crippen LogP contribution < -0.4 is 5.32 Å². The minimum absolute atomic E-state index is 0.000812. The molecule has 0 bridgehead atoms. The summed E-state index contributed by atoms with van der Waals surface area (Å²) in [6.07, 6.45) is 0. The third-order valence-electron chi connectivity index (χ3n) is 2.08. The summed E-state index contributed by atoms with van der Waals surface area (Å²) in [4.78, 5) is 22.2. The minimum atomic E-state index is -0.481. The number of hydrogen-bond donors (Lipinski definition) is 1. The zero-order valence-electron chi connectivity index (χ0n) is 8.62. The topological polar surface area (TPSA) is 72.2 Å². The molecule has 1 amide bonds. The van der Waals surface area contributed by atoms with E-state index in [1.807, 2.05) is 5.38 Å². The van der Waals surface area contributed by atoms with Gasteiger partial charge in [0, 0.05) is 17.8 Å². The number of thiophene rings is 1. The van der Waals surface area contributed by atoms with E-state index in [1.165, 1.54) is 35.6 Å². The Morgan fingerprint density at radius 1 is 1.24 bits per heavy atom. The van der Waals surface area contributed by atoms with Gasteiger partial charge in [-0.05, 0) is 23.6 Å². The van der Waals surface area contributed by atoms with Gasteiger partial charge >= 0.3 is 0 Å². The maximum absolute atomic E-state index is 11.7. The molecule has 0 saturated carbocycles. The van der Waals surface area contributed by atoms with Gasteiger partial charge in [0.05, 0.1) is 9.80 Å². The van der Waals surface area contributed by atoms with Gasteiger partial charge in [-0.3, -0.25) is 14.9 Å². The van der Waals surface area contributed by atoms with Crippen molar-refractivity contribution in [1.29, 1.82) is 0 Å². The summed E-state index contributed by atoms with van der Waals surface area (Å²) in [6.45, 7) is 0. The normalized spacial score (nSPS) is 9.88. The van der Waals surface area contributed by atoms with Gasteiger partial charge in [0.1, 0.15) is 0 Å². The van der Waals surface area contributed by atoms with Crippen molar-refractivity contribution in [3.8, 4) is 0 Å². The largest absolute Gasteiger partial charge is 0.321 e. The Morgan fingerprint density at radius 2 is 1.94 bits per heavy atom. The number of benzene rings is 1. The Kier molecular flexibility index (Phi) is 3.15. The molecule has 17 heavy (non-hydrogen) atoms. The van der Waals surface area contributed by atoms with Crippen LogP contribution in [-0.4, -0.2) is 10.8 Å². The molecule has 86 valence electrons. The summed E-state index contributed by atoms with van der Waals surface area (Å²) in [5.74, 6) is -0.214. The number of hydrogen-bond acceptors (Lipinski definition) is 4. The molecule has 0 fully saturated rings. The Hall–Kier alpha value is -2.21. The molecule has 0 atom stereocenters. The van der Waals surface area contributed by atoms with Crippen molar-refractivity contribution in [2.24, 2.45) is 0 Å². The van der Waals surface area contributed by atoms with E-state index < -0.39 is 4.92 Å². The maximum Gasteiger partial charge on any atom is 0.269 e. The first-order chi connectivity index (χ1) is 8.16. The van der Waals surface area contributed by atoms with Crippen LogP contribution in [0.5, 0.6) is 0 Å². The molecule has 1 aromatic carbocycles. The molecule has 1 aromatic heterocycles. The molecule has 0 radical (unpaired) electrons. The van der Waals surface area contributed by atoms with Gasteiger partial charge < -0.3 is 5.32 Å². The molecular weight excluding hydrogens is 240 g/mol. The number of nitrogens with one attached hydrogen (secondary N) is 1. The standard InChI is InChI=1S/C11H8N2O3S/c14-11(10-2-1-7-17-10)12-8-3-5-9(6-4-8)13(15)16/h1-7H,(H,12,14). The smallest absolute Gasteiger partial charge is 0.269 e. The van der Waals surface area contributed by atoms with E-state index in [9.17, 15) is 14.9 Å². The average molecular weight is 248 g/mol. The van der Waals surface area contributed by atoms with Crippen molar-refractivity contribution in [3.05, 3.63) is 56.8 Å². The van der Waals surface area contributed by atoms with Crippen LogP contribution in [0.4, 0.5) is 11.4 Å². The highest BCUT2D eigenvalue weighted by Crippen LogP contribution is 2.17. The number of nitro benzene ring substituents is 1. The van der Waals surface area contributed by atoms with Gasteiger partial charge in [0.15, 0.2) is 0 Å². The lowest BCUT2D eigenvalue weighted by molar-refractivity contribution is -0.384. The predicted octanol–water partition coefficient (Wildman–Crippen LogP) is 2.91. The summed E-state index contributed by atoms with van der Waals surface area (Å²) in [6, 6.07) is 9.21. The van der Waals surface area contributed by atoms with E-state index in [0.29, 0.717) is 10.6 Å². The lowest BCUT2D eigenvalue weighted by atomic mass is 10.3. The fraction of sp³-hybridized carbons (Fsp3) is 0. The summed E-state index contributed by atoms with van der Waals surface area (Å²) in [5, 5.41) is 14.9. The van der Waals surface area contributed by atoms with Crippen LogP contribution in [0.3, 0.4) is 0 Å². The van der Waals surface area contributed by atoms with Crippen molar-refractivity contribution >= 4 is 28.6 Å². The van der Waals surface area contributed by atoms with E-state index in [4.69, 9.17) is 0 Å². The Labute approximate surface area is 101 Å². The Bertz CT molecular complexity index is 534. The molecule has 1 N–H and O–H groups in total. The minimum Gasteiger partial charge on any atom is -0.321 e. The number of anilines is 1. The third-order valence-corrected chi connectivity index (χ3v) is 2.95. The van der Waals surface area contributed by atoms with Crippen LogP contribution in [-0.2, 0) is 0 Å². The van der Waals surface area contributed by atoms with Crippen molar-refractivity contribution in [1.82, 2.24) is 0 Å². The third kappa shape index (κ3) is 2.67. The second kappa shape index (κ2) is 4.75. The Morgan fingerprint density at radius 3 is 2.47 bits per heavy atom. The first-order valence-corrected chi connectivity index (χ1v) is 5.64. The van der Waals surface area contributed by atoms with Crippen molar-refractivity contribution in [3.63, 3.8) is 0 Å². The first kappa shape index (κ1) is 11.3. The van der Waals surface area contributed by atoms with E-state index in [-0.39, 0.29) is 11.6 Å². The van der Waals surface area contributed by atoms with E-state index in [2.05, 4.69) is 5.32 Å². The van der Waals surface area contributed by atoms with Gasteiger partial charge in [-0.2, -0.15) is 0 Å². The van der Waals surface area contributed by atoms with Crippen molar-refractivity contribution < 1.29 is 9.72 Å². The van der Waals surface area contributed by atoms with Crippen molar-refractivity contribution in [2.75, 3.05) is 5.32 Å². The number of amides is 1. The SMILES string of the molecule is O=C(Nc1ccc([N+](=O)[O-])cc1)c1cccs1. The van der Waals surface area contributed by atoms with Crippen LogP contribution in [0.2, 0.25) is 0 Å². The summed E-state index contributed by atoms with van der Waals surface area (Å²) < 4.78 is 0. The Balaban J connectivity index is 2.09. The molecule has 5 nitrogen and oxygen atoms in total. The van der Waals surface area contributed by atoms with Crippen LogP contribution in [0.15, 0.2) is 41.8 Å². The van der Waals surface area contributed by atoms with Gasteiger partial charge in [0.25, 0.3) is 11.6 Å². The molecule has 0 unspecified atom stereocenters. The highest BCUT2D eigenvalue weighted by Gasteiger charge is 2.08. The summed E-state index contributed by atoms with van der Waals surface area (Å²) in [7, 11) is 0. The molecule has 0 saturated heterocycles. The molecule has 0 aliphatic carbocycles. The van der Waals surface area contributed by atoms with Gasteiger partial charge in [-0.1, -0.05) is 6.07 Å². The van der Waals surface area contributed by atoms with Crippen LogP contribution >= 0.6 is 11.3 Å². The molecule has 6 heteroatoms. The van der Waals surface area contributed by atoms with E-state index in [1.54, 1.807) is 12.1 Å². The molecule has 2 aromatic rings. The summed E-state index contributed by atoms with van der Waals surface area (Å²) >= 11 is 1.34. The number of carbonyl (C=O) groups excluding carboxylic acids is 1. The fourth-order valence-corrected chi connectivity index (χ4v) is 1.89. The van der Waals surface area contributed by atoms with E-state index >= 15 is 0 Å². The molecule has 0 aliphatic rings. The second-order valence-corrected chi connectivity index (χ2v) is 4.18. The van der Waals surface area contributed by atoms with Crippen LogP contribution in [0.1, 0.15) is 9.67 Å². The maximum atomic E-state index is 11.7. The highest BCUT2D eigenvalue weighted by atomic mass is 32.1. The number of rotatable bonds is 3. The average Bonchev–Trinajstić information content (AvgIpc) is 2.83. The molecule has 1 heterocycles. The lowest BCUT2D eigenvalue weighted by Crippen LogP contribution is -2.09. The number of nitro groups is 1. The molecule has 0 aliphatic heterocycles. The second-order valence-electron chi connectivity index (χ2n) is 3.24. The quantitative estimate of drug-likeness (QED) is 0.670. The molecule has 2 rings (SSSR count). The van der Waals surface area contributed by atoms with Gasteiger partial charge in [0.2, 0.25) is 0 Å². The van der Waals surface area contributed by atoms with E-state index in [0.717, 1.165) is 0 Å². The summed E-state index contributed by atoms with van der Waals surface area (Å²) in [5.41, 5.74) is 0.535. The van der Waals surface area contributed by atoms with Crippen LogP contribution in [0.25, 0.3) is 0 Å². The van der Waals surface area contributed by atoms with Crippen LogP contribution in [0, 0.1) is 10.1 Å². The monoisotopic (exact) mass is 248 g/mol. The fourth-order valence-electron chi connectivity index (χ4n) is 1.27. The molecular formula is C11H8N2O3S.